The van der Waals surface area contributed by atoms with Crippen LogP contribution in [0.4, 0.5) is 0 Å². The Bertz CT molecular complexity index is 698. The van der Waals surface area contributed by atoms with Gasteiger partial charge in [-0.1, -0.05) is 44.5 Å². The first kappa shape index (κ1) is 18.5. The number of hydrogen-bond donors (Lipinski definition) is 1. The van der Waals surface area contributed by atoms with Crippen molar-refractivity contribution in [1.82, 2.24) is 20.1 Å². The minimum absolute atomic E-state index is 0.0966. The largest absolute Gasteiger partial charge is 0.352 e. The van der Waals surface area contributed by atoms with E-state index in [2.05, 4.69) is 40.9 Å². The van der Waals surface area contributed by atoms with Crippen LogP contribution in [0, 0.1) is 11.8 Å². The quantitative estimate of drug-likeness (QED) is 0.770. The standard InChI is InChI=1S/C18H26N4OS2/c1-4-22-17(15-9-6-10-24-15)20-21-18(22)25-11-16(23)19-14-8-5-7-12(2)13(14)3/h6,9-10,12-14H,4-5,7-8,11H2,1-3H3,(H,19,23). The number of aromatic nitrogens is 3. The van der Waals surface area contributed by atoms with E-state index in [1.165, 1.54) is 24.6 Å². The van der Waals surface area contributed by atoms with Crippen LogP contribution in [0.15, 0.2) is 22.7 Å². The monoisotopic (exact) mass is 378 g/mol. The molecule has 0 saturated heterocycles. The highest BCUT2D eigenvalue weighted by molar-refractivity contribution is 7.99. The molecule has 25 heavy (non-hydrogen) atoms. The Morgan fingerprint density at radius 1 is 1.40 bits per heavy atom. The maximum Gasteiger partial charge on any atom is 0.230 e. The van der Waals surface area contributed by atoms with Crippen molar-refractivity contribution >= 4 is 29.0 Å². The second kappa shape index (κ2) is 8.36. The van der Waals surface area contributed by atoms with Gasteiger partial charge in [-0.3, -0.25) is 4.79 Å². The van der Waals surface area contributed by atoms with E-state index in [1.54, 1.807) is 11.3 Å². The number of nitrogens with zero attached hydrogens (tertiary/aromatic N) is 3. The lowest BCUT2D eigenvalue weighted by atomic mass is 9.78. The molecular formula is C18H26N4OS2. The zero-order chi connectivity index (χ0) is 17.8. The van der Waals surface area contributed by atoms with E-state index >= 15 is 0 Å². The summed E-state index contributed by atoms with van der Waals surface area (Å²) in [6.07, 6.45) is 3.57. The van der Waals surface area contributed by atoms with E-state index in [4.69, 9.17) is 0 Å². The first-order valence-corrected chi connectivity index (χ1v) is 10.9. The second-order valence-electron chi connectivity index (χ2n) is 6.76. The Kier molecular flexibility index (Phi) is 6.17. The number of thioether (sulfide) groups is 1. The third kappa shape index (κ3) is 4.26. The number of rotatable bonds is 6. The van der Waals surface area contributed by atoms with E-state index < -0.39 is 0 Å². The van der Waals surface area contributed by atoms with E-state index in [1.807, 2.05) is 17.5 Å². The smallest absolute Gasteiger partial charge is 0.230 e. The zero-order valence-electron chi connectivity index (χ0n) is 15.1. The van der Waals surface area contributed by atoms with Crippen LogP contribution in [-0.2, 0) is 11.3 Å². The van der Waals surface area contributed by atoms with Gasteiger partial charge in [-0.05, 0) is 36.6 Å². The minimum Gasteiger partial charge on any atom is -0.352 e. The van der Waals surface area contributed by atoms with E-state index in [9.17, 15) is 4.79 Å². The fourth-order valence-electron chi connectivity index (χ4n) is 3.43. The predicted octanol–water partition coefficient (Wildman–Crippen LogP) is 4.06. The highest BCUT2D eigenvalue weighted by atomic mass is 32.2. The second-order valence-corrected chi connectivity index (χ2v) is 8.65. The number of hydrogen-bond acceptors (Lipinski definition) is 5. The maximum absolute atomic E-state index is 12.4. The predicted molar refractivity (Wildman–Crippen MR) is 104 cm³/mol. The summed E-state index contributed by atoms with van der Waals surface area (Å²) in [7, 11) is 0. The molecule has 3 rings (SSSR count). The van der Waals surface area contributed by atoms with Crippen LogP contribution in [0.1, 0.15) is 40.0 Å². The first-order chi connectivity index (χ1) is 12.1. The van der Waals surface area contributed by atoms with Crippen LogP contribution in [-0.4, -0.2) is 32.5 Å². The summed E-state index contributed by atoms with van der Waals surface area (Å²) in [5.74, 6) is 2.60. The molecule has 1 N–H and O–H groups in total. The lowest BCUT2D eigenvalue weighted by Gasteiger charge is -2.34. The van der Waals surface area contributed by atoms with Gasteiger partial charge in [-0.15, -0.1) is 21.5 Å². The van der Waals surface area contributed by atoms with Gasteiger partial charge < -0.3 is 9.88 Å². The van der Waals surface area contributed by atoms with Crippen LogP contribution in [0.2, 0.25) is 0 Å². The zero-order valence-corrected chi connectivity index (χ0v) is 16.7. The molecule has 0 aromatic carbocycles. The van der Waals surface area contributed by atoms with Gasteiger partial charge in [0.1, 0.15) is 0 Å². The fourth-order valence-corrected chi connectivity index (χ4v) is 4.96. The molecule has 1 saturated carbocycles. The Labute approximate surface area is 157 Å². The summed E-state index contributed by atoms with van der Waals surface area (Å²) in [4.78, 5) is 13.5. The highest BCUT2D eigenvalue weighted by Gasteiger charge is 2.28. The van der Waals surface area contributed by atoms with E-state index in [0.29, 0.717) is 23.6 Å². The molecule has 1 aliphatic carbocycles. The van der Waals surface area contributed by atoms with Crippen LogP contribution < -0.4 is 5.32 Å². The van der Waals surface area contributed by atoms with Gasteiger partial charge in [0.05, 0.1) is 10.6 Å². The summed E-state index contributed by atoms with van der Waals surface area (Å²) in [5, 5.41) is 14.7. The van der Waals surface area contributed by atoms with Gasteiger partial charge in [-0.2, -0.15) is 0 Å². The van der Waals surface area contributed by atoms with Crippen molar-refractivity contribution in [2.24, 2.45) is 11.8 Å². The molecule has 2 heterocycles. The summed E-state index contributed by atoms with van der Waals surface area (Å²) < 4.78 is 2.08. The summed E-state index contributed by atoms with van der Waals surface area (Å²) in [6, 6.07) is 4.37. The Morgan fingerprint density at radius 3 is 2.96 bits per heavy atom. The molecule has 3 atom stereocenters. The van der Waals surface area contributed by atoms with Gasteiger partial charge in [0, 0.05) is 12.6 Å². The van der Waals surface area contributed by atoms with Crippen molar-refractivity contribution < 1.29 is 4.79 Å². The average Bonchev–Trinajstić information content (AvgIpc) is 3.25. The average molecular weight is 379 g/mol. The molecule has 1 fully saturated rings. The van der Waals surface area contributed by atoms with Gasteiger partial charge in [-0.25, -0.2) is 0 Å². The molecule has 5 nitrogen and oxygen atoms in total. The molecule has 3 unspecified atom stereocenters. The van der Waals surface area contributed by atoms with Crippen molar-refractivity contribution in [3.63, 3.8) is 0 Å². The minimum atomic E-state index is 0.0966. The normalized spacial score (nSPS) is 23.6. The molecule has 2 aromatic heterocycles. The summed E-state index contributed by atoms with van der Waals surface area (Å²) in [5.41, 5.74) is 0. The van der Waals surface area contributed by atoms with Gasteiger partial charge >= 0.3 is 0 Å². The molecular weight excluding hydrogens is 352 g/mol. The van der Waals surface area contributed by atoms with E-state index in [-0.39, 0.29) is 5.91 Å². The lowest BCUT2D eigenvalue weighted by molar-refractivity contribution is -0.120. The molecule has 0 radical (unpaired) electrons. The van der Waals surface area contributed by atoms with Crippen LogP contribution >= 0.6 is 23.1 Å². The Hall–Kier alpha value is -1.34. The maximum atomic E-state index is 12.4. The van der Waals surface area contributed by atoms with Crippen molar-refractivity contribution in [2.75, 3.05) is 5.75 Å². The molecule has 1 amide bonds. The topological polar surface area (TPSA) is 59.8 Å². The number of thiophene rings is 1. The van der Waals surface area contributed by atoms with Crippen LogP contribution in [0.3, 0.4) is 0 Å². The van der Waals surface area contributed by atoms with Crippen molar-refractivity contribution in [3.8, 4) is 10.7 Å². The van der Waals surface area contributed by atoms with Gasteiger partial charge in [0.25, 0.3) is 0 Å². The lowest BCUT2D eigenvalue weighted by Crippen LogP contribution is -2.44. The van der Waals surface area contributed by atoms with Gasteiger partial charge in [0.2, 0.25) is 5.91 Å². The summed E-state index contributed by atoms with van der Waals surface area (Å²) in [6.45, 7) is 7.41. The van der Waals surface area contributed by atoms with Crippen molar-refractivity contribution in [2.45, 2.75) is 57.8 Å². The molecule has 136 valence electrons. The number of carbonyl (C=O) groups excluding carboxylic acids is 1. The molecule has 2 aromatic rings. The number of carbonyl (C=O) groups is 1. The highest BCUT2D eigenvalue weighted by Crippen LogP contribution is 2.30. The fraction of sp³-hybridized carbons (Fsp3) is 0.611. The van der Waals surface area contributed by atoms with Gasteiger partial charge in [0.15, 0.2) is 11.0 Å². The Morgan fingerprint density at radius 2 is 2.24 bits per heavy atom. The molecule has 0 aliphatic heterocycles. The molecule has 0 bridgehead atoms. The van der Waals surface area contributed by atoms with Crippen molar-refractivity contribution in [3.05, 3.63) is 17.5 Å². The van der Waals surface area contributed by atoms with Crippen molar-refractivity contribution in [1.29, 1.82) is 0 Å². The number of amides is 1. The molecule has 1 aliphatic rings. The third-order valence-electron chi connectivity index (χ3n) is 5.16. The molecule has 0 spiro atoms. The van der Waals surface area contributed by atoms with Crippen LogP contribution in [0.25, 0.3) is 10.7 Å². The Balaban J connectivity index is 1.59. The molecule has 7 heteroatoms. The SMILES string of the molecule is CCn1c(SCC(=O)NC2CCCC(C)C2C)nnc1-c1cccs1. The summed E-state index contributed by atoms with van der Waals surface area (Å²) >= 11 is 3.13. The van der Waals surface area contributed by atoms with Crippen LogP contribution in [0.5, 0.6) is 0 Å². The number of nitrogens with one attached hydrogen (secondary N) is 1. The first-order valence-electron chi connectivity index (χ1n) is 8.99. The van der Waals surface area contributed by atoms with E-state index in [0.717, 1.165) is 28.8 Å². The third-order valence-corrected chi connectivity index (χ3v) is 6.99.